The number of ether oxygens (including phenoxy) is 2. The van der Waals surface area contributed by atoms with Crippen molar-refractivity contribution in [2.75, 3.05) is 11.9 Å². The molecule has 2 aromatic carbocycles. The van der Waals surface area contributed by atoms with Crippen LogP contribution in [-0.4, -0.2) is 29.9 Å². The van der Waals surface area contributed by atoms with Crippen LogP contribution in [0, 0.1) is 12.8 Å². The van der Waals surface area contributed by atoms with Gasteiger partial charge in [0.15, 0.2) is 5.76 Å². The summed E-state index contributed by atoms with van der Waals surface area (Å²) in [6.07, 6.45) is 4.47. The Bertz CT molecular complexity index is 1240. The van der Waals surface area contributed by atoms with Crippen molar-refractivity contribution in [3.05, 3.63) is 59.8 Å². The van der Waals surface area contributed by atoms with Crippen molar-refractivity contribution in [1.29, 1.82) is 0 Å². The maximum atomic E-state index is 12.5. The number of aromatic nitrogens is 1. The van der Waals surface area contributed by atoms with E-state index >= 15 is 0 Å². The van der Waals surface area contributed by atoms with Gasteiger partial charge in [-0.25, -0.2) is 4.79 Å². The number of hydrogen-bond acceptors (Lipinski definition) is 6. The third-order valence-corrected chi connectivity index (χ3v) is 7.53. The Morgan fingerprint density at radius 3 is 2.22 bits per heavy atom. The molecular weight excluding hydrogens is 456 g/mol. The smallest absolute Gasteiger partial charge is 0.412 e. The highest BCUT2D eigenvalue weighted by Gasteiger charge is 2.52. The first-order valence-electron chi connectivity index (χ1n) is 12.7. The fourth-order valence-electron chi connectivity index (χ4n) is 4.82. The van der Waals surface area contributed by atoms with Gasteiger partial charge in [0.2, 0.25) is 0 Å². The van der Waals surface area contributed by atoms with Crippen molar-refractivity contribution in [1.82, 2.24) is 5.16 Å². The summed E-state index contributed by atoms with van der Waals surface area (Å²) in [5.74, 6) is 0.809. The molecule has 7 heteroatoms. The highest BCUT2D eigenvalue weighted by atomic mass is 16.6. The van der Waals surface area contributed by atoms with E-state index in [1.54, 1.807) is 6.92 Å². The topological polar surface area (TPSA) is 90.7 Å². The van der Waals surface area contributed by atoms with Crippen LogP contribution in [0.15, 0.2) is 53.1 Å². The van der Waals surface area contributed by atoms with Crippen molar-refractivity contribution < 1.29 is 23.6 Å². The number of carbonyl (C=O) groups is 2. The molecule has 1 heterocycles. The number of rotatable bonds is 8. The van der Waals surface area contributed by atoms with Gasteiger partial charge in [0.05, 0.1) is 12.0 Å². The quantitative estimate of drug-likeness (QED) is 0.357. The Hall–Kier alpha value is -3.61. The Morgan fingerprint density at radius 2 is 1.67 bits per heavy atom. The first-order valence-corrected chi connectivity index (χ1v) is 12.7. The molecule has 1 atom stereocenters. The van der Waals surface area contributed by atoms with E-state index in [9.17, 15) is 9.59 Å². The summed E-state index contributed by atoms with van der Waals surface area (Å²) in [5, 5.41) is 6.88. The fraction of sp³-hybridized carbons (Fsp3) is 0.414. The minimum Gasteiger partial charge on any atom is -0.465 e. The maximum absolute atomic E-state index is 12.5. The summed E-state index contributed by atoms with van der Waals surface area (Å²) in [6.45, 7) is 5.96. The molecule has 5 rings (SSSR count). The highest BCUT2D eigenvalue weighted by Crippen LogP contribution is 2.49. The molecule has 36 heavy (non-hydrogen) atoms. The zero-order valence-corrected chi connectivity index (χ0v) is 21.0. The molecule has 1 N–H and O–H groups in total. The minimum absolute atomic E-state index is 0.111. The average Bonchev–Trinajstić information content (AvgIpc) is 3.58. The van der Waals surface area contributed by atoms with E-state index < -0.39 is 11.5 Å². The average molecular weight is 489 g/mol. The van der Waals surface area contributed by atoms with E-state index in [1.165, 1.54) is 6.42 Å². The fourth-order valence-corrected chi connectivity index (χ4v) is 4.82. The number of aryl methyl sites for hydroxylation is 1. The van der Waals surface area contributed by atoms with Crippen molar-refractivity contribution >= 4 is 17.7 Å². The number of anilines is 1. The number of nitrogens with one attached hydrogen (secondary N) is 1. The van der Waals surface area contributed by atoms with Crippen LogP contribution in [0.25, 0.3) is 22.5 Å². The second-order valence-electron chi connectivity index (χ2n) is 9.86. The van der Waals surface area contributed by atoms with Gasteiger partial charge in [0.25, 0.3) is 0 Å². The normalized spacial score (nSPS) is 17.1. The first-order chi connectivity index (χ1) is 17.4. The summed E-state index contributed by atoms with van der Waals surface area (Å²) in [6, 6.07) is 16.0. The van der Waals surface area contributed by atoms with Crippen molar-refractivity contribution in [2.24, 2.45) is 5.92 Å². The van der Waals surface area contributed by atoms with Gasteiger partial charge >= 0.3 is 12.1 Å². The summed E-state index contributed by atoms with van der Waals surface area (Å²) < 4.78 is 16.4. The number of hydrogen-bond donors (Lipinski definition) is 1. The lowest BCUT2D eigenvalue weighted by molar-refractivity contribution is -0.146. The standard InChI is InChI=1S/C29H32N2O5/c1-4-34-27(32)29(16-17-29)24-14-12-22(13-15-24)21-8-10-23(11-9-21)26-25(18(2)31-36-26)30-28(33)35-19(3)20-6-5-7-20/h8-15,19-20H,4-7,16-17H2,1-3H3,(H,30,33)/t19-/m1/s1. The Morgan fingerprint density at radius 1 is 1.06 bits per heavy atom. The predicted octanol–water partition coefficient (Wildman–Crippen LogP) is 6.65. The minimum atomic E-state index is -0.491. The molecule has 2 aliphatic carbocycles. The second-order valence-corrected chi connectivity index (χ2v) is 9.86. The van der Waals surface area contributed by atoms with Gasteiger partial charge in [-0.2, -0.15) is 0 Å². The van der Waals surface area contributed by atoms with E-state index in [0.717, 1.165) is 47.9 Å². The zero-order chi connectivity index (χ0) is 25.3. The zero-order valence-electron chi connectivity index (χ0n) is 21.0. The lowest BCUT2D eigenvalue weighted by Gasteiger charge is -2.30. The highest BCUT2D eigenvalue weighted by molar-refractivity contribution is 5.91. The molecule has 2 aliphatic rings. The number of carbonyl (C=O) groups excluding carboxylic acids is 2. The molecule has 7 nitrogen and oxygen atoms in total. The SMILES string of the molecule is CCOC(=O)C1(c2ccc(-c3ccc(-c4onc(C)c4NC(=O)O[C@H](C)C4CCC4)cc3)cc2)CC1. The van der Waals surface area contributed by atoms with E-state index in [2.05, 4.69) is 10.5 Å². The summed E-state index contributed by atoms with van der Waals surface area (Å²) in [4.78, 5) is 24.9. The summed E-state index contributed by atoms with van der Waals surface area (Å²) >= 11 is 0. The molecule has 0 aliphatic heterocycles. The third-order valence-electron chi connectivity index (χ3n) is 7.53. The number of nitrogens with zero attached hydrogens (tertiary/aromatic N) is 1. The summed E-state index contributed by atoms with van der Waals surface area (Å²) in [5.41, 5.74) is 4.53. The molecule has 0 radical (unpaired) electrons. The number of benzene rings is 2. The maximum Gasteiger partial charge on any atom is 0.412 e. The monoisotopic (exact) mass is 488 g/mol. The predicted molar refractivity (Wildman–Crippen MR) is 137 cm³/mol. The van der Waals surface area contributed by atoms with Crippen LogP contribution in [0.4, 0.5) is 10.5 Å². The molecular formula is C29H32N2O5. The van der Waals surface area contributed by atoms with Crippen LogP contribution in [-0.2, 0) is 19.7 Å². The van der Waals surface area contributed by atoms with E-state index in [4.69, 9.17) is 14.0 Å². The molecule has 1 aromatic heterocycles. The van der Waals surface area contributed by atoms with Crippen LogP contribution in [0.5, 0.6) is 0 Å². The van der Waals surface area contributed by atoms with Gasteiger partial charge in [0, 0.05) is 5.56 Å². The molecule has 0 spiro atoms. The Labute approximate surface area is 211 Å². The van der Waals surface area contributed by atoms with Gasteiger partial charge in [-0.15, -0.1) is 0 Å². The van der Waals surface area contributed by atoms with E-state index in [1.807, 2.05) is 62.4 Å². The first kappa shape index (κ1) is 24.1. The van der Waals surface area contributed by atoms with E-state index in [0.29, 0.717) is 29.7 Å². The molecule has 188 valence electrons. The third kappa shape index (κ3) is 4.62. The van der Waals surface area contributed by atoms with Crippen molar-refractivity contribution in [2.45, 2.75) is 64.4 Å². The van der Waals surface area contributed by atoms with Crippen molar-refractivity contribution in [3.63, 3.8) is 0 Å². The molecule has 2 fully saturated rings. The molecule has 2 saturated carbocycles. The number of esters is 1. The number of amides is 1. The second kappa shape index (κ2) is 9.80. The molecule has 1 amide bonds. The largest absolute Gasteiger partial charge is 0.465 e. The van der Waals surface area contributed by atoms with Crippen LogP contribution in [0.2, 0.25) is 0 Å². The van der Waals surface area contributed by atoms with Gasteiger partial charge in [-0.3, -0.25) is 10.1 Å². The Kier molecular flexibility index (Phi) is 6.56. The van der Waals surface area contributed by atoms with Crippen LogP contribution in [0.1, 0.15) is 57.2 Å². The lowest BCUT2D eigenvalue weighted by Crippen LogP contribution is -2.30. The van der Waals surface area contributed by atoms with Gasteiger partial charge in [-0.1, -0.05) is 60.1 Å². The van der Waals surface area contributed by atoms with Gasteiger partial charge < -0.3 is 14.0 Å². The summed E-state index contributed by atoms with van der Waals surface area (Å²) in [7, 11) is 0. The molecule has 0 saturated heterocycles. The van der Waals surface area contributed by atoms with Crippen LogP contribution < -0.4 is 5.32 Å². The van der Waals surface area contributed by atoms with Gasteiger partial charge in [-0.05, 0) is 69.1 Å². The van der Waals surface area contributed by atoms with Crippen LogP contribution >= 0.6 is 0 Å². The van der Waals surface area contributed by atoms with E-state index in [-0.39, 0.29) is 12.1 Å². The molecule has 0 unspecified atom stereocenters. The Balaban J connectivity index is 1.29. The van der Waals surface area contributed by atoms with Gasteiger partial charge in [0.1, 0.15) is 17.5 Å². The van der Waals surface area contributed by atoms with Crippen molar-refractivity contribution in [3.8, 4) is 22.5 Å². The lowest BCUT2D eigenvalue weighted by atomic mass is 9.82. The molecule has 3 aromatic rings. The van der Waals surface area contributed by atoms with Crippen LogP contribution in [0.3, 0.4) is 0 Å². The molecule has 0 bridgehead atoms.